The van der Waals surface area contributed by atoms with Crippen molar-refractivity contribution in [1.82, 2.24) is 9.97 Å². The zero-order valence-electron chi connectivity index (χ0n) is 13.7. The second kappa shape index (κ2) is 6.91. The second-order valence-electron chi connectivity index (χ2n) is 6.02. The van der Waals surface area contributed by atoms with Crippen molar-refractivity contribution < 1.29 is 0 Å². The molecule has 4 rings (SSSR count). The number of benzene rings is 1. The zero-order valence-corrected chi connectivity index (χ0v) is 15.3. The summed E-state index contributed by atoms with van der Waals surface area (Å²) in [6, 6.07) is 8.60. The fraction of sp³-hybridized carbons (Fsp3) is 0.333. The molecule has 0 amide bonds. The van der Waals surface area contributed by atoms with Crippen LogP contribution < -0.4 is 9.80 Å². The van der Waals surface area contributed by atoms with Crippen molar-refractivity contribution in [3.8, 4) is 11.3 Å². The Labute approximate surface area is 150 Å². The van der Waals surface area contributed by atoms with E-state index in [0.717, 1.165) is 48.6 Å². The van der Waals surface area contributed by atoms with Crippen LogP contribution >= 0.6 is 22.7 Å². The second-order valence-corrected chi connectivity index (χ2v) is 7.73. The summed E-state index contributed by atoms with van der Waals surface area (Å²) in [6.07, 6.45) is 3.02. The highest BCUT2D eigenvalue weighted by atomic mass is 32.1. The quantitative estimate of drug-likeness (QED) is 0.701. The molecule has 6 heteroatoms. The Morgan fingerprint density at radius 3 is 2.38 bits per heavy atom. The summed E-state index contributed by atoms with van der Waals surface area (Å²) in [4.78, 5) is 14.1. The van der Waals surface area contributed by atoms with Crippen LogP contribution in [0.3, 0.4) is 0 Å². The van der Waals surface area contributed by atoms with Crippen LogP contribution in [0.5, 0.6) is 0 Å². The lowest BCUT2D eigenvalue weighted by molar-refractivity contribution is 0.803. The molecule has 0 spiro atoms. The summed E-state index contributed by atoms with van der Waals surface area (Å²) in [6.45, 7) is 6.25. The molecule has 3 heterocycles. The van der Waals surface area contributed by atoms with E-state index >= 15 is 0 Å². The smallest absolute Gasteiger partial charge is 0.185 e. The number of thiazole rings is 2. The molecule has 0 atom stereocenters. The average molecular weight is 357 g/mol. The highest BCUT2D eigenvalue weighted by Gasteiger charge is 2.19. The van der Waals surface area contributed by atoms with Gasteiger partial charge in [-0.15, -0.1) is 22.7 Å². The largest absolute Gasteiger partial charge is 0.346 e. The van der Waals surface area contributed by atoms with E-state index in [9.17, 15) is 0 Å². The fourth-order valence-electron chi connectivity index (χ4n) is 2.94. The van der Waals surface area contributed by atoms with E-state index in [-0.39, 0.29) is 0 Å². The summed E-state index contributed by atoms with van der Waals surface area (Å²) < 4.78 is 0. The highest BCUT2D eigenvalue weighted by molar-refractivity contribution is 7.14. The van der Waals surface area contributed by atoms with Crippen LogP contribution in [0.1, 0.15) is 12.0 Å². The molecule has 0 saturated carbocycles. The van der Waals surface area contributed by atoms with Gasteiger partial charge in [-0.3, -0.25) is 0 Å². The first kappa shape index (κ1) is 15.6. The molecule has 0 aliphatic carbocycles. The van der Waals surface area contributed by atoms with Crippen LogP contribution in [-0.4, -0.2) is 36.1 Å². The summed E-state index contributed by atoms with van der Waals surface area (Å²) in [5.41, 5.74) is 3.56. The van der Waals surface area contributed by atoms with E-state index in [4.69, 9.17) is 4.98 Å². The average Bonchev–Trinajstić information content (AvgIpc) is 3.24. The maximum absolute atomic E-state index is 4.88. The van der Waals surface area contributed by atoms with Crippen LogP contribution in [-0.2, 0) is 0 Å². The van der Waals surface area contributed by atoms with Crippen molar-refractivity contribution in [2.75, 3.05) is 36.0 Å². The maximum atomic E-state index is 4.88. The van der Waals surface area contributed by atoms with E-state index < -0.39 is 0 Å². The predicted molar refractivity (Wildman–Crippen MR) is 103 cm³/mol. The molecule has 0 bridgehead atoms. The third kappa shape index (κ3) is 3.30. The van der Waals surface area contributed by atoms with E-state index in [0.29, 0.717) is 0 Å². The first-order valence-corrected chi connectivity index (χ1v) is 9.97. The Morgan fingerprint density at radius 2 is 1.67 bits per heavy atom. The van der Waals surface area contributed by atoms with Gasteiger partial charge in [0.1, 0.15) is 0 Å². The third-order valence-corrected chi connectivity index (χ3v) is 6.03. The Bertz CT molecular complexity index is 780. The van der Waals surface area contributed by atoms with E-state index in [1.165, 1.54) is 11.1 Å². The first-order chi connectivity index (χ1) is 11.8. The minimum Gasteiger partial charge on any atom is -0.346 e. The summed E-state index contributed by atoms with van der Waals surface area (Å²) in [5, 5.41) is 6.48. The lowest BCUT2D eigenvalue weighted by Gasteiger charge is -2.20. The van der Waals surface area contributed by atoms with Crippen LogP contribution in [0.15, 0.2) is 41.2 Å². The molecule has 124 valence electrons. The molecule has 24 heavy (non-hydrogen) atoms. The summed E-state index contributed by atoms with van der Waals surface area (Å²) >= 11 is 3.47. The van der Waals surface area contributed by atoms with Crippen molar-refractivity contribution in [2.45, 2.75) is 13.3 Å². The van der Waals surface area contributed by atoms with Gasteiger partial charge in [-0.25, -0.2) is 9.97 Å². The fourth-order valence-corrected chi connectivity index (χ4v) is 4.52. The molecule has 4 nitrogen and oxygen atoms in total. The van der Waals surface area contributed by atoms with Gasteiger partial charge in [0.05, 0.1) is 5.69 Å². The zero-order chi connectivity index (χ0) is 16.4. The number of aromatic nitrogens is 2. The van der Waals surface area contributed by atoms with E-state index in [1.807, 2.05) is 11.6 Å². The number of hydrogen-bond donors (Lipinski definition) is 0. The normalized spacial score (nSPS) is 15.5. The molecule has 1 saturated heterocycles. The van der Waals surface area contributed by atoms with Crippen molar-refractivity contribution in [2.24, 2.45) is 0 Å². The molecule has 1 fully saturated rings. The van der Waals surface area contributed by atoms with Gasteiger partial charge in [-0.1, -0.05) is 29.8 Å². The Hall–Kier alpha value is -1.92. The van der Waals surface area contributed by atoms with Crippen LogP contribution in [0.25, 0.3) is 11.3 Å². The third-order valence-electron chi connectivity index (χ3n) is 4.30. The Balaban J connectivity index is 1.47. The highest BCUT2D eigenvalue weighted by Crippen LogP contribution is 2.29. The minimum atomic E-state index is 1.00. The molecule has 0 N–H and O–H groups in total. The van der Waals surface area contributed by atoms with Crippen molar-refractivity contribution >= 4 is 32.9 Å². The number of anilines is 2. The molecular weight excluding hydrogens is 336 g/mol. The number of nitrogens with zero attached hydrogens (tertiary/aromatic N) is 4. The van der Waals surface area contributed by atoms with Crippen LogP contribution in [0.4, 0.5) is 10.3 Å². The molecule has 3 aromatic rings. The molecule has 1 aliphatic rings. The van der Waals surface area contributed by atoms with Gasteiger partial charge >= 0.3 is 0 Å². The van der Waals surface area contributed by atoms with E-state index in [2.05, 4.69) is 51.4 Å². The van der Waals surface area contributed by atoms with Gasteiger partial charge in [0.15, 0.2) is 10.3 Å². The number of aryl methyl sites for hydroxylation is 1. The molecule has 2 aromatic heterocycles. The topological polar surface area (TPSA) is 32.3 Å². The van der Waals surface area contributed by atoms with Crippen molar-refractivity contribution in [1.29, 1.82) is 0 Å². The molecule has 0 unspecified atom stereocenters. The van der Waals surface area contributed by atoms with Gasteiger partial charge < -0.3 is 9.80 Å². The minimum absolute atomic E-state index is 1.00. The SMILES string of the molecule is Cc1ccc(-c2csc(N3CCCN(c4nccs4)CC3)n2)cc1. The molecule has 1 aliphatic heterocycles. The van der Waals surface area contributed by atoms with Gasteiger partial charge in [0.2, 0.25) is 0 Å². The Kier molecular flexibility index (Phi) is 4.49. The molecule has 0 radical (unpaired) electrons. The molecule has 1 aromatic carbocycles. The lowest BCUT2D eigenvalue weighted by Crippen LogP contribution is -2.30. The maximum Gasteiger partial charge on any atom is 0.185 e. The predicted octanol–water partition coefficient (Wildman–Crippen LogP) is 4.29. The standard InChI is InChI=1S/C18H20N4S2/c1-14-3-5-15(6-4-14)16-13-24-18(20-16)22-9-2-8-21(10-11-22)17-19-7-12-23-17/h3-7,12-13H,2,8-11H2,1H3. The van der Waals surface area contributed by atoms with Gasteiger partial charge in [0.25, 0.3) is 0 Å². The van der Waals surface area contributed by atoms with Gasteiger partial charge in [-0.05, 0) is 13.3 Å². The van der Waals surface area contributed by atoms with Crippen molar-refractivity contribution in [3.05, 3.63) is 46.8 Å². The number of hydrogen-bond acceptors (Lipinski definition) is 6. The molecular formula is C18H20N4S2. The first-order valence-electron chi connectivity index (χ1n) is 8.21. The van der Waals surface area contributed by atoms with Crippen molar-refractivity contribution in [3.63, 3.8) is 0 Å². The summed E-state index contributed by atoms with van der Waals surface area (Å²) in [5.74, 6) is 0. The van der Waals surface area contributed by atoms with Gasteiger partial charge in [0, 0.05) is 48.7 Å². The summed E-state index contributed by atoms with van der Waals surface area (Å²) in [7, 11) is 0. The van der Waals surface area contributed by atoms with Gasteiger partial charge in [-0.2, -0.15) is 0 Å². The van der Waals surface area contributed by atoms with Crippen LogP contribution in [0, 0.1) is 6.92 Å². The van der Waals surface area contributed by atoms with Crippen LogP contribution in [0.2, 0.25) is 0 Å². The monoisotopic (exact) mass is 356 g/mol. The van der Waals surface area contributed by atoms with E-state index in [1.54, 1.807) is 22.7 Å². The number of rotatable bonds is 3. The lowest BCUT2D eigenvalue weighted by atomic mass is 10.1. The Morgan fingerprint density at radius 1 is 0.917 bits per heavy atom.